The summed E-state index contributed by atoms with van der Waals surface area (Å²) in [6, 6.07) is 0. The van der Waals surface area contributed by atoms with Gasteiger partial charge in [0.15, 0.2) is 16.5 Å². The first-order valence-electron chi connectivity index (χ1n) is 3.38. The predicted molar refractivity (Wildman–Crippen MR) is 43.4 cm³/mol. The van der Waals surface area contributed by atoms with E-state index in [9.17, 15) is 4.21 Å². The van der Waals surface area contributed by atoms with Crippen molar-refractivity contribution in [3.8, 4) is 0 Å². The molecule has 0 amide bonds. The molecule has 1 radical (unpaired) electrons. The van der Waals surface area contributed by atoms with Crippen LogP contribution in [0, 0.1) is 12.3 Å². The van der Waals surface area contributed by atoms with Crippen LogP contribution in [0.25, 0.3) is 0 Å². The molecule has 65 valence electrons. The van der Waals surface area contributed by atoms with Crippen molar-refractivity contribution in [1.82, 2.24) is 0 Å². The highest BCUT2D eigenvalue weighted by atomic mass is 35.5. The Kier molecular flexibility index (Phi) is 3.30. The van der Waals surface area contributed by atoms with Crippen LogP contribution in [-0.2, 0) is 11.1 Å². The van der Waals surface area contributed by atoms with Crippen LogP contribution in [0.15, 0.2) is 0 Å². The van der Waals surface area contributed by atoms with Crippen molar-refractivity contribution in [2.75, 3.05) is 0 Å². The van der Waals surface area contributed by atoms with Gasteiger partial charge in [-0.05, 0) is 19.3 Å². The standard InChI is InChI=1S/C6H10ClO3S/c7-5-3-1-2-4(5)6(8)11(9)10/h3-6,8H,1-2H2,(H,9,10). The lowest BCUT2D eigenvalue weighted by Gasteiger charge is -2.16. The zero-order valence-electron chi connectivity index (χ0n) is 5.81. The highest BCUT2D eigenvalue weighted by Gasteiger charge is 2.34. The fourth-order valence-electron chi connectivity index (χ4n) is 1.23. The molecule has 4 atom stereocenters. The minimum atomic E-state index is -2.17. The molecule has 1 aliphatic carbocycles. The molecule has 1 fully saturated rings. The molecule has 0 aromatic heterocycles. The molecule has 0 heterocycles. The van der Waals surface area contributed by atoms with Crippen molar-refractivity contribution in [2.24, 2.45) is 5.92 Å². The first-order chi connectivity index (χ1) is 5.13. The van der Waals surface area contributed by atoms with Gasteiger partial charge in [0, 0.05) is 11.3 Å². The van der Waals surface area contributed by atoms with Gasteiger partial charge in [-0.3, -0.25) is 0 Å². The zero-order chi connectivity index (χ0) is 8.43. The van der Waals surface area contributed by atoms with Gasteiger partial charge in [-0.2, -0.15) is 0 Å². The summed E-state index contributed by atoms with van der Waals surface area (Å²) in [5.41, 5.74) is -1.20. The van der Waals surface area contributed by atoms with Crippen molar-refractivity contribution < 1.29 is 13.9 Å². The van der Waals surface area contributed by atoms with Gasteiger partial charge in [-0.25, -0.2) is 4.21 Å². The predicted octanol–water partition coefficient (Wildman–Crippen LogP) is 0.748. The van der Waals surface area contributed by atoms with E-state index in [1.54, 1.807) is 0 Å². The number of aliphatic hydroxyl groups excluding tert-OH is 1. The van der Waals surface area contributed by atoms with E-state index in [0.717, 1.165) is 6.42 Å². The van der Waals surface area contributed by atoms with Crippen LogP contribution >= 0.6 is 11.6 Å². The van der Waals surface area contributed by atoms with E-state index in [-0.39, 0.29) is 11.3 Å². The summed E-state index contributed by atoms with van der Waals surface area (Å²) >= 11 is 3.59. The zero-order valence-corrected chi connectivity index (χ0v) is 7.38. The maximum absolute atomic E-state index is 10.4. The summed E-state index contributed by atoms with van der Waals surface area (Å²) in [7, 11) is 0. The van der Waals surface area contributed by atoms with Crippen LogP contribution in [0.2, 0.25) is 0 Å². The van der Waals surface area contributed by atoms with Crippen molar-refractivity contribution >= 4 is 22.7 Å². The van der Waals surface area contributed by atoms with Crippen molar-refractivity contribution in [2.45, 2.75) is 23.7 Å². The molecule has 0 aromatic rings. The van der Waals surface area contributed by atoms with Gasteiger partial charge in [-0.15, -0.1) is 11.6 Å². The number of hydrogen-bond donors (Lipinski definition) is 2. The molecule has 3 nitrogen and oxygen atoms in total. The largest absolute Gasteiger partial charge is 0.377 e. The van der Waals surface area contributed by atoms with Crippen LogP contribution in [0.3, 0.4) is 0 Å². The second-order valence-corrected chi connectivity index (χ2v) is 4.13. The first kappa shape index (κ1) is 9.45. The smallest absolute Gasteiger partial charge is 0.182 e. The average Bonchev–Trinajstić information content (AvgIpc) is 2.33. The Morgan fingerprint density at radius 1 is 1.73 bits per heavy atom. The lowest BCUT2D eigenvalue weighted by molar-refractivity contribution is 0.183. The highest BCUT2D eigenvalue weighted by molar-refractivity contribution is 7.79. The molecule has 0 bridgehead atoms. The lowest BCUT2D eigenvalue weighted by Crippen LogP contribution is -2.28. The first-order valence-corrected chi connectivity index (χ1v) is 4.98. The molecular weight excluding hydrogens is 188 g/mol. The number of halogens is 1. The minimum absolute atomic E-state index is 0.262. The third-order valence-corrected chi connectivity index (χ3v) is 3.14. The Hall–Kier alpha value is 0.360. The third-order valence-electron chi connectivity index (χ3n) is 1.87. The summed E-state index contributed by atoms with van der Waals surface area (Å²) in [4.78, 5) is 0. The van der Waals surface area contributed by atoms with Gasteiger partial charge in [0.2, 0.25) is 0 Å². The van der Waals surface area contributed by atoms with Crippen molar-refractivity contribution in [3.63, 3.8) is 0 Å². The van der Waals surface area contributed by atoms with Crippen molar-refractivity contribution in [1.29, 1.82) is 0 Å². The van der Waals surface area contributed by atoms with E-state index < -0.39 is 16.5 Å². The van der Waals surface area contributed by atoms with Gasteiger partial charge >= 0.3 is 0 Å². The van der Waals surface area contributed by atoms with Gasteiger partial charge in [-0.1, -0.05) is 0 Å². The SMILES string of the molecule is O=S(O)C(O)C1CC[CH]C1Cl. The molecule has 1 rings (SSSR count). The average molecular weight is 198 g/mol. The number of rotatable bonds is 2. The van der Waals surface area contributed by atoms with Gasteiger partial charge in [0.05, 0.1) is 0 Å². The Labute approximate surface area is 73.0 Å². The molecule has 5 heteroatoms. The second kappa shape index (κ2) is 3.85. The van der Waals surface area contributed by atoms with E-state index in [0.29, 0.717) is 6.42 Å². The lowest BCUT2D eigenvalue weighted by atomic mass is 10.1. The molecule has 0 saturated heterocycles. The van der Waals surface area contributed by atoms with Crippen LogP contribution in [0.4, 0.5) is 0 Å². The Morgan fingerprint density at radius 2 is 2.36 bits per heavy atom. The molecule has 0 aliphatic heterocycles. The van der Waals surface area contributed by atoms with Gasteiger partial charge in [0.1, 0.15) is 0 Å². The molecule has 1 aliphatic rings. The topological polar surface area (TPSA) is 57.5 Å². The van der Waals surface area contributed by atoms with Crippen LogP contribution in [0.5, 0.6) is 0 Å². The molecule has 1 saturated carbocycles. The fourth-order valence-corrected chi connectivity index (χ4v) is 2.31. The Balaban J connectivity index is 2.52. The Morgan fingerprint density at radius 3 is 2.73 bits per heavy atom. The monoisotopic (exact) mass is 197 g/mol. The third kappa shape index (κ3) is 2.15. The Bertz CT molecular complexity index is 164. The van der Waals surface area contributed by atoms with E-state index >= 15 is 0 Å². The number of hydrogen-bond acceptors (Lipinski definition) is 2. The molecule has 0 aromatic carbocycles. The van der Waals surface area contributed by atoms with E-state index in [2.05, 4.69) is 0 Å². The molecular formula is C6H10ClO3S. The van der Waals surface area contributed by atoms with Crippen LogP contribution in [-0.4, -0.2) is 24.7 Å². The van der Waals surface area contributed by atoms with E-state index in [4.69, 9.17) is 21.3 Å². The number of aliphatic hydroxyl groups is 1. The fraction of sp³-hybridized carbons (Fsp3) is 0.833. The summed E-state index contributed by atoms with van der Waals surface area (Å²) in [5.74, 6) is -0.262. The van der Waals surface area contributed by atoms with Crippen molar-refractivity contribution in [3.05, 3.63) is 6.42 Å². The summed E-state index contributed by atoms with van der Waals surface area (Å²) < 4.78 is 19.0. The maximum Gasteiger partial charge on any atom is 0.182 e. The summed E-state index contributed by atoms with van der Waals surface area (Å²) in [5, 5.41) is 8.88. The number of alkyl halides is 1. The summed E-state index contributed by atoms with van der Waals surface area (Å²) in [6.07, 6.45) is 3.36. The quantitative estimate of drug-likeness (QED) is 0.508. The van der Waals surface area contributed by atoms with Gasteiger partial charge in [0.25, 0.3) is 0 Å². The minimum Gasteiger partial charge on any atom is -0.377 e. The normalized spacial score (nSPS) is 37.0. The summed E-state index contributed by atoms with van der Waals surface area (Å²) in [6.45, 7) is 0. The van der Waals surface area contributed by atoms with Crippen LogP contribution < -0.4 is 0 Å². The maximum atomic E-state index is 10.4. The molecule has 11 heavy (non-hydrogen) atoms. The highest BCUT2D eigenvalue weighted by Crippen LogP contribution is 2.32. The molecule has 0 spiro atoms. The van der Waals surface area contributed by atoms with Gasteiger partial charge < -0.3 is 9.66 Å². The molecule has 2 N–H and O–H groups in total. The van der Waals surface area contributed by atoms with E-state index in [1.807, 2.05) is 6.42 Å². The molecule has 4 unspecified atom stereocenters. The second-order valence-electron chi connectivity index (χ2n) is 2.59. The van der Waals surface area contributed by atoms with E-state index in [1.165, 1.54) is 0 Å². The van der Waals surface area contributed by atoms with Crippen LogP contribution in [0.1, 0.15) is 12.8 Å².